The van der Waals surface area contributed by atoms with Crippen molar-refractivity contribution in [3.05, 3.63) is 23.5 Å². The Morgan fingerprint density at radius 1 is 1.44 bits per heavy atom. The van der Waals surface area contributed by atoms with Crippen molar-refractivity contribution in [2.24, 2.45) is 5.92 Å². The van der Waals surface area contributed by atoms with Crippen molar-refractivity contribution in [3.63, 3.8) is 0 Å². The van der Waals surface area contributed by atoms with E-state index >= 15 is 0 Å². The molecule has 1 aliphatic heterocycles. The number of nitrogens with one attached hydrogen (secondary N) is 1. The molecule has 2 rings (SSSR count). The molecule has 0 bridgehead atoms. The van der Waals surface area contributed by atoms with Crippen molar-refractivity contribution >= 4 is 17.3 Å². The Labute approximate surface area is 115 Å². The van der Waals surface area contributed by atoms with Crippen LogP contribution in [0.5, 0.6) is 0 Å². The van der Waals surface area contributed by atoms with E-state index in [9.17, 15) is 0 Å². The summed E-state index contributed by atoms with van der Waals surface area (Å²) in [7, 11) is 0. The molecule has 1 fully saturated rings. The maximum atomic E-state index is 6.26. The van der Waals surface area contributed by atoms with Crippen molar-refractivity contribution in [3.8, 4) is 0 Å². The van der Waals surface area contributed by atoms with Gasteiger partial charge in [-0.2, -0.15) is 0 Å². The number of rotatable bonds is 4. The summed E-state index contributed by atoms with van der Waals surface area (Å²) in [6, 6.07) is 2.48. The lowest BCUT2D eigenvalue weighted by Crippen LogP contribution is -2.39. The molecule has 18 heavy (non-hydrogen) atoms. The zero-order valence-corrected chi connectivity index (χ0v) is 12.0. The third-order valence-corrected chi connectivity index (χ3v) is 3.89. The van der Waals surface area contributed by atoms with Crippen LogP contribution < -0.4 is 10.2 Å². The first-order valence-electron chi connectivity index (χ1n) is 6.75. The van der Waals surface area contributed by atoms with Crippen molar-refractivity contribution in [2.45, 2.75) is 32.7 Å². The lowest BCUT2D eigenvalue weighted by atomic mass is 9.97. The fourth-order valence-electron chi connectivity index (χ4n) is 2.53. The first-order valence-corrected chi connectivity index (χ1v) is 7.13. The highest BCUT2D eigenvalue weighted by Gasteiger charge is 2.20. The Hall–Kier alpha value is -0.800. The van der Waals surface area contributed by atoms with Crippen LogP contribution in [-0.4, -0.2) is 30.7 Å². The molecule has 1 saturated heterocycles. The lowest BCUT2D eigenvalue weighted by molar-refractivity contribution is 0.368. The van der Waals surface area contributed by atoms with Crippen molar-refractivity contribution in [2.75, 3.05) is 24.5 Å². The van der Waals surface area contributed by atoms with Gasteiger partial charge in [-0.25, -0.2) is 0 Å². The number of nitrogens with zero attached hydrogens (tertiary/aromatic N) is 2. The number of anilines is 1. The van der Waals surface area contributed by atoms with Crippen molar-refractivity contribution in [1.29, 1.82) is 0 Å². The van der Waals surface area contributed by atoms with Gasteiger partial charge in [-0.1, -0.05) is 11.6 Å². The highest BCUT2D eigenvalue weighted by Crippen LogP contribution is 2.28. The summed E-state index contributed by atoms with van der Waals surface area (Å²) in [5.74, 6) is 0.762. The number of hydrogen-bond acceptors (Lipinski definition) is 3. The van der Waals surface area contributed by atoms with E-state index in [2.05, 4.69) is 29.0 Å². The molecule has 1 aromatic rings. The van der Waals surface area contributed by atoms with Crippen LogP contribution in [0.2, 0.25) is 5.02 Å². The molecule has 0 aromatic carbocycles. The molecular weight excluding hydrogens is 246 g/mol. The molecule has 0 aliphatic carbocycles. The Morgan fingerprint density at radius 3 is 2.78 bits per heavy atom. The smallest absolute Gasteiger partial charge is 0.0822 e. The van der Waals surface area contributed by atoms with Gasteiger partial charge in [0.05, 0.1) is 10.7 Å². The van der Waals surface area contributed by atoms with Crippen LogP contribution in [0.3, 0.4) is 0 Å². The van der Waals surface area contributed by atoms with E-state index in [0.717, 1.165) is 36.3 Å². The highest BCUT2D eigenvalue weighted by atomic mass is 35.5. The van der Waals surface area contributed by atoms with E-state index in [1.54, 1.807) is 6.20 Å². The van der Waals surface area contributed by atoms with Crippen molar-refractivity contribution < 1.29 is 0 Å². The minimum Gasteiger partial charge on any atom is -0.368 e. The molecule has 1 N–H and O–H groups in total. The average molecular weight is 268 g/mol. The topological polar surface area (TPSA) is 28.2 Å². The maximum Gasteiger partial charge on any atom is 0.0822 e. The number of aromatic nitrogens is 1. The molecule has 0 radical (unpaired) electrons. The molecular formula is C14H22ClN3. The standard InChI is InChI=1S/C14H22ClN3/c1-11(2)18(10-12-3-6-16-7-4-12)14-5-8-17-9-13(14)15/h5,8-9,11-12,16H,3-4,6-7,10H2,1-2H3. The van der Waals surface area contributed by atoms with Crippen LogP contribution in [0.15, 0.2) is 18.5 Å². The first kappa shape index (κ1) is 13.6. The zero-order chi connectivity index (χ0) is 13.0. The van der Waals surface area contributed by atoms with Crippen molar-refractivity contribution in [1.82, 2.24) is 10.3 Å². The van der Waals surface area contributed by atoms with Gasteiger partial charge in [0.15, 0.2) is 0 Å². The molecule has 2 heterocycles. The first-order chi connectivity index (χ1) is 8.68. The quantitative estimate of drug-likeness (QED) is 0.909. The minimum absolute atomic E-state index is 0.458. The zero-order valence-electron chi connectivity index (χ0n) is 11.2. The SMILES string of the molecule is CC(C)N(CC1CCNCC1)c1ccncc1Cl. The van der Waals surface area contributed by atoms with E-state index in [-0.39, 0.29) is 0 Å². The third kappa shape index (κ3) is 3.36. The fraction of sp³-hybridized carbons (Fsp3) is 0.643. The highest BCUT2D eigenvalue weighted by molar-refractivity contribution is 6.33. The Kier molecular flexibility index (Phi) is 4.84. The average Bonchev–Trinajstić information content (AvgIpc) is 2.38. The second-order valence-electron chi connectivity index (χ2n) is 5.27. The van der Waals surface area contributed by atoms with E-state index in [4.69, 9.17) is 11.6 Å². The van der Waals surface area contributed by atoms with Gasteiger partial charge in [0, 0.05) is 25.0 Å². The summed E-state index contributed by atoms with van der Waals surface area (Å²) in [6.07, 6.45) is 6.06. The fourth-order valence-corrected chi connectivity index (χ4v) is 2.76. The van der Waals surface area contributed by atoms with Gasteiger partial charge < -0.3 is 10.2 Å². The summed E-state index contributed by atoms with van der Waals surface area (Å²) in [5.41, 5.74) is 1.11. The van der Waals surface area contributed by atoms with Crippen LogP contribution in [0, 0.1) is 5.92 Å². The monoisotopic (exact) mass is 267 g/mol. The number of hydrogen-bond donors (Lipinski definition) is 1. The number of pyridine rings is 1. The Bertz CT molecular complexity index is 375. The summed E-state index contributed by atoms with van der Waals surface area (Å²) in [5, 5.41) is 4.16. The minimum atomic E-state index is 0.458. The van der Waals surface area contributed by atoms with Gasteiger partial charge >= 0.3 is 0 Å². The second-order valence-corrected chi connectivity index (χ2v) is 5.67. The van der Waals surface area contributed by atoms with Gasteiger partial charge in [0.1, 0.15) is 0 Å². The van der Waals surface area contributed by atoms with Gasteiger partial charge in [-0.3, -0.25) is 4.98 Å². The maximum absolute atomic E-state index is 6.26. The van der Waals surface area contributed by atoms with Gasteiger partial charge in [0.2, 0.25) is 0 Å². The van der Waals surface area contributed by atoms with Crippen LogP contribution in [-0.2, 0) is 0 Å². The Morgan fingerprint density at radius 2 is 2.17 bits per heavy atom. The molecule has 0 saturated carbocycles. The largest absolute Gasteiger partial charge is 0.368 e. The summed E-state index contributed by atoms with van der Waals surface area (Å²) >= 11 is 6.26. The van der Waals surface area contributed by atoms with E-state index < -0.39 is 0 Å². The van der Waals surface area contributed by atoms with Crippen LogP contribution >= 0.6 is 11.6 Å². The van der Waals surface area contributed by atoms with Crippen LogP contribution in [0.4, 0.5) is 5.69 Å². The van der Waals surface area contributed by atoms with Crippen LogP contribution in [0.1, 0.15) is 26.7 Å². The van der Waals surface area contributed by atoms with E-state index in [1.165, 1.54) is 12.8 Å². The third-order valence-electron chi connectivity index (χ3n) is 3.60. The summed E-state index contributed by atoms with van der Waals surface area (Å²) in [4.78, 5) is 6.47. The predicted octanol–water partition coefficient (Wildman–Crippen LogP) is 2.95. The molecule has 0 unspecified atom stereocenters. The molecule has 0 amide bonds. The van der Waals surface area contributed by atoms with E-state index in [0.29, 0.717) is 6.04 Å². The predicted molar refractivity (Wildman–Crippen MR) is 77.3 cm³/mol. The van der Waals surface area contributed by atoms with E-state index in [1.807, 2.05) is 12.3 Å². The molecule has 0 spiro atoms. The summed E-state index contributed by atoms with van der Waals surface area (Å²) < 4.78 is 0. The number of piperidine rings is 1. The Balaban J connectivity index is 2.10. The van der Waals surface area contributed by atoms with Gasteiger partial charge in [-0.05, 0) is 51.8 Å². The van der Waals surface area contributed by atoms with Crippen LogP contribution in [0.25, 0.3) is 0 Å². The molecule has 0 atom stereocenters. The molecule has 1 aromatic heterocycles. The normalized spacial score (nSPS) is 17.1. The lowest BCUT2D eigenvalue weighted by Gasteiger charge is -2.34. The van der Waals surface area contributed by atoms with Gasteiger partial charge in [-0.15, -0.1) is 0 Å². The molecule has 4 heteroatoms. The second kappa shape index (κ2) is 6.39. The molecule has 1 aliphatic rings. The number of halogens is 1. The molecule has 3 nitrogen and oxygen atoms in total. The molecule has 100 valence electrons. The summed E-state index contributed by atoms with van der Waals surface area (Å²) in [6.45, 7) is 7.81. The van der Waals surface area contributed by atoms with Gasteiger partial charge in [0.25, 0.3) is 0 Å².